The number of aryl methyl sites for hydroxylation is 1. The standard InChI is InChI=1S/C21H26N2O3/c1-15-12-19(16(2)23(15)11-9-21(25)26-3)20(24)14-22-10-8-17-6-4-5-7-18(17)13-22/h4-7,12H,8-11,13-14H2,1-3H3/p+1. The van der Waals surface area contributed by atoms with Crippen LogP contribution in [0.15, 0.2) is 30.3 Å². The van der Waals surface area contributed by atoms with Gasteiger partial charge in [-0.05, 0) is 25.5 Å². The largest absolute Gasteiger partial charge is 0.469 e. The van der Waals surface area contributed by atoms with Gasteiger partial charge in [0.15, 0.2) is 0 Å². The lowest BCUT2D eigenvalue weighted by Crippen LogP contribution is -3.12. The van der Waals surface area contributed by atoms with E-state index in [9.17, 15) is 9.59 Å². The number of fused-ring (bicyclic) bond motifs is 1. The molecule has 1 aliphatic rings. The Bertz CT molecular complexity index is 823. The highest BCUT2D eigenvalue weighted by Gasteiger charge is 2.24. The van der Waals surface area contributed by atoms with E-state index < -0.39 is 0 Å². The number of Topliss-reactive ketones (excluding diaryl/α,β-unsaturated/α-hetero) is 1. The van der Waals surface area contributed by atoms with Gasteiger partial charge in [-0.3, -0.25) is 9.59 Å². The molecule has 1 aromatic carbocycles. The van der Waals surface area contributed by atoms with Crippen LogP contribution in [0.4, 0.5) is 0 Å². The van der Waals surface area contributed by atoms with E-state index in [2.05, 4.69) is 24.3 Å². The molecule has 0 amide bonds. The fourth-order valence-corrected chi connectivity index (χ4v) is 3.85. The van der Waals surface area contributed by atoms with Crippen molar-refractivity contribution >= 4 is 11.8 Å². The summed E-state index contributed by atoms with van der Waals surface area (Å²) in [6, 6.07) is 10.4. The normalized spacial score (nSPS) is 16.2. The summed E-state index contributed by atoms with van der Waals surface area (Å²) in [5.41, 5.74) is 5.48. The summed E-state index contributed by atoms with van der Waals surface area (Å²) in [5.74, 6) is -0.0568. The molecule has 1 aromatic heterocycles. The molecule has 26 heavy (non-hydrogen) atoms. The molecule has 0 bridgehead atoms. The van der Waals surface area contributed by atoms with E-state index in [1.54, 1.807) is 0 Å². The van der Waals surface area contributed by atoms with Gasteiger partial charge in [-0.1, -0.05) is 24.3 Å². The first-order chi connectivity index (χ1) is 12.5. The molecule has 2 heterocycles. The lowest BCUT2D eigenvalue weighted by atomic mass is 9.99. The molecular formula is C21H27N2O3+. The summed E-state index contributed by atoms with van der Waals surface area (Å²) < 4.78 is 6.75. The Hall–Kier alpha value is -2.40. The minimum absolute atomic E-state index is 0.178. The number of ketones is 1. The second-order valence-corrected chi connectivity index (χ2v) is 7.06. The first-order valence-electron chi connectivity index (χ1n) is 9.16. The van der Waals surface area contributed by atoms with Gasteiger partial charge < -0.3 is 14.2 Å². The van der Waals surface area contributed by atoms with Crippen LogP contribution in [0.5, 0.6) is 0 Å². The molecule has 5 heteroatoms. The number of quaternary nitrogens is 1. The Morgan fingerprint density at radius 3 is 2.65 bits per heavy atom. The number of ether oxygens (including phenoxy) is 1. The highest BCUT2D eigenvalue weighted by Crippen LogP contribution is 2.16. The third-order valence-electron chi connectivity index (χ3n) is 5.36. The smallest absolute Gasteiger partial charge is 0.307 e. The number of methoxy groups -OCH3 is 1. The van der Waals surface area contributed by atoms with Crippen LogP contribution in [-0.2, 0) is 29.0 Å². The Morgan fingerprint density at radius 1 is 1.19 bits per heavy atom. The van der Waals surface area contributed by atoms with Crippen LogP contribution in [0.25, 0.3) is 0 Å². The number of nitrogens with one attached hydrogen (secondary N) is 1. The minimum atomic E-state index is -0.234. The summed E-state index contributed by atoms with van der Waals surface area (Å²) >= 11 is 0. The Labute approximate surface area is 154 Å². The van der Waals surface area contributed by atoms with Crippen molar-refractivity contribution in [2.24, 2.45) is 0 Å². The first-order valence-corrected chi connectivity index (χ1v) is 9.16. The van der Waals surface area contributed by atoms with Gasteiger partial charge >= 0.3 is 5.97 Å². The topological polar surface area (TPSA) is 52.7 Å². The molecule has 0 aliphatic carbocycles. The number of nitrogens with zero attached hydrogens (tertiary/aromatic N) is 1. The first kappa shape index (κ1) is 18.4. The summed E-state index contributed by atoms with van der Waals surface area (Å²) in [5, 5.41) is 0. The molecule has 1 N–H and O–H groups in total. The van der Waals surface area contributed by atoms with Gasteiger partial charge in [0.2, 0.25) is 5.78 Å². The lowest BCUT2D eigenvalue weighted by molar-refractivity contribution is -0.907. The second-order valence-electron chi connectivity index (χ2n) is 7.06. The molecule has 1 unspecified atom stereocenters. The van der Waals surface area contributed by atoms with Crippen LogP contribution >= 0.6 is 0 Å². The van der Waals surface area contributed by atoms with Crippen molar-refractivity contribution in [3.05, 3.63) is 58.4 Å². The molecular weight excluding hydrogens is 328 g/mol. The average Bonchev–Trinajstić information content (AvgIpc) is 2.93. The highest BCUT2D eigenvalue weighted by atomic mass is 16.5. The zero-order valence-electron chi connectivity index (χ0n) is 15.8. The predicted octanol–water partition coefficient (Wildman–Crippen LogP) is 1.49. The van der Waals surface area contributed by atoms with Crippen LogP contribution in [0.1, 0.15) is 39.3 Å². The number of aromatic nitrogens is 1. The number of hydrogen-bond donors (Lipinski definition) is 1. The van der Waals surface area contributed by atoms with E-state index in [-0.39, 0.29) is 11.8 Å². The molecule has 3 rings (SSSR count). The van der Waals surface area contributed by atoms with Crippen LogP contribution in [0.2, 0.25) is 0 Å². The molecule has 5 nitrogen and oxygen atoms in total. The van der Waals surface area contributed by atoms with Crippen molar-refractivity contribution in [3.8, 4) is 0 Å². The predicted molar refractivity (Wildman–Crippen MR) is 99.4 cm³/mol. The van der Waals surface area contributed by atoms with E-state index in [0.29, 0.717) is 19.5 Å². The van der Waals surface area contributed by atoms with Crippen molar-refractivity contribution in [1.29, 1.82) is 0 Å². The van der Waals surface area contributed by atoms with Crippen molar-refractivity contribution in [2.75, 3.05) is 20.2 Å². The van der Waals surface area contributed by atoms with Crippen LogP contribution in [0.3, 0.4) is 0 Å². The van der Waals surface area contributed by atoms with Crippen molar-refractivity contribution < 1.29 is 19.2 Å². The fourth-order valence-electron chi connectivity index (χ4n) is 3.85. The van der Waals surface area contributed by atoms with E-state index in [0.717, 1.165) is 36.5 Å². The minimum Gasteiger partial charge on any atom is -0.469 e. The number of esters is 1. The molecule has 138 valence electrons. The van der Waals surface area contributed by atoms with Gasteiger partial charge in [0.05, 0.1) is 20.1 Å². The summed E-state index contributed by atoms with van der Waals surface area (Å²) in [7, 11) is 1.40. The van der Waals surface area contributed by atoms with Crippen molar-refractivity contribution in [1.82, 2.24) is 4.57 Å². The number of carbonyl (C=O) groups excluding carboxylic acids is 2. The maximum atomic E-state index is 12.9. The number of carbonyl (C=O) groups is 2. The summed E-state index contributed by atoms with van der Waals surface area (Å²) in [6.07, 6.45) is 1.34. The van der Waals surface area contributed by atoms with Gasteiger partial charge in [0.25, 0.3) is 0 Å². The monoisotopic (exact) mass is 355 g/mol. The number of hydrogen-bond acceptors (Lipinski definition) is 3. The Balaban J connectivity index is 1.68. The SMILES string of the molecule is COC(=O)CCn1c(C)cc(C(=O)C[NH+]2CCc3ccccc3C2)c1C. The molecule has 0 fully saturated rings. The van der Waals surface area contributed by atoms with E-state index >= 15 is 0 Å². The van der Waals surface area contributed by atoms with Crippen LogP contribution in [-0.4, -0.2) is 36.5 Å². The maximum absolute atomic E-state index is 12.9. The van der Waals surface area contributed by atoms with Gasteiger partial charge in [-0.15, -0.1) is 0 Å². The zero-order chi connectivity index (χ0) is 18.7. The third-order valence-corrected chi connectivity index (χ3v) is 5.36. The maximum Gasteiger partial charge on any atom is 0.307 e. The molecule has 0 saturated heterocycles. The molecule has 0 saturated carbocycles. The summed E-state index contributed by atoms with van der Waals surface area (Å²) in [4.78, 5) is 25.6. The number of benzene rings is 1. The van der Waals surface area contributed by atoms with E-state index in [1.807, 2.05) is 24.5 Å². The quantitative estimate of drug-likeness (QED) is 0.631. The van der Waals surface area contributed by atoms with E-state index in [4.69, 9.17) is 4.74 Å². The second kappa shape index (κ2) is 7.87. The Kier molecular flexibility index (Phi) is 5.57. The molecule has 0 spiro atoms. The lowest BCUT2D eigenvalue weighted by Gasteiger charge is -2.25. The third kappa shape index (κ3) is 3.88. The van der Waals surface area contributed by atoms with Crippen LogP contribution in [0, 0.1) is 13.8 Å². The van der Waals surface area contributed by atoms with Gasteiger partial charge in [-0.25, -0.2) is 0 Å². The molecule has 0 radical (unpaired) electrons. The van der Waals surface area contributed by atoms with Gasteiger partial charge in [0, 0.05) is 35.5 Å². The summed E-state index contributed by atoms with van der Waals surface area (Å²) in [6.45, 7) is 6.88. The van der Waals surface area contributed by atoms with Gasteiger partial charge in [0.1, 0.15) is 13.1 Å². The fraction of sp³-hybridized carbons (Fsp3) is 0.429. The number of rotatable bonds is 6. The zero-order valence-corrected chi connectivity index (χ0v) is 15.8. The van der Waals surface area contributed by atoms with Gasteiger partial charge in [-0.2, -0.15) is 0 Å². The van der Waals surface area contributed by atoms with E-state index in [1.165, 1.54) is 23.1 Å². The van der Waals surface area contributed by atoms with Crippen molar-refractivity contribution in [2.45, 2.75) is 39.8 Å². The Morgan fingerprint density at radius 2 is 1.92 bits per heavy atom. The molecule has 1 atom stereocenters. The average molecular weight is 355 g/mol. The van der Waals surface area contributed by atoms with Crippen LogP contribution < -0.4 is 4.90 Å². The van der Waals surface area contributed by atoms with Crippen molar-refractivity contribution in [3.63, 3.8) is 0 Å². The molecule has 2 aromatic rings. The highest BCUT2D eigenvalue weighted by molar-refractivity contribution is 5.98. The molecule has 1 aliphatic heterocycles.